The molecular formula is C21H39NO3. The largest absolute Gasteiger partial charge is 0.383 e. The van der Waals surface area contributed by atoms with E-state index in [4.69, 9.17) is 14.2 Å². The van der Waals surface area contributed by atoms with Crippen LogP contribution < -0.4 is 0 Å². The van der Waals surface area contributed by atoms with Gasteiger partial charge < -0.3 is 14.2 Å². The van der Waals surface area contributed by atoms with Crippen molar-refractivity contribution in [1.29, 1.82) is 0 Å². The molecule has 1 aliphatic carbocycles. The predicted octanol–water partition coefficient (Wildman–Crippen LogP) is 4.25. The highest BCUT2D eigenvalue weighted by atomic mass is 16.7. The SMILES string of the molecule is C=CCN(CCC1COC2(CCC(C(C)(C)C)CC2)O1)C(C)COC. The molecule has 2 aliphatic rings. The van der Waals surface area contributed by atoms with Crippen LogP contribution in [-0.2, 0) is 14.2 Å². The first kappa shape index (κ1) is 20.9. The van der Waals surface area contributed by atoms with Crippen LogP contribution in [0.15, 0.2) is 12.7 Å². The lowest BCUT2D eigenvalue weighted by atomic mass is 9.71. The molecule has 2 atom stereocenters. The van der Waals surface area contributed by atoms with Gasteiger partial charge >= 0.3 is 0 Å². The number of rotatable bonds is 8. The van der Waals surface area contributed by atoms with E-state index in [9.17, 15) is 0 Å². The number of hydrogen-bond donors (Lipinski definition) is 0. The van der Waals surface area contributed by atoms with Gasteiger partial charge in [-0.1, -0.05) is 26.8 Å². The fraction of sp³-hybridized carbons (Fsp3) is 0.905. The van der Waals surface area contributed by atoms with Gasteiger partial charge in [0.15, 0.2) is 5.79 Å². The molecule has 1 aliphatic heterocycles. The molecule has 1 heterocycles. The Morgan fingerprint density at radius 3 is 2.56 bits per heavy atom. The topological polar surface area (TPSA) is 30.9 Å². The zero-order chi connectivity index (χ0) is 18.5. The maximum atomic E-state index is 6.41. The lowest BCUT2D eigenvalue weighted by Gasteiger charge is -2.41. The Hall–Kier alpha value is -0.420. The standard InChI is InChI=1S/C21H39NO3/c1-7-13-22(17(2)15-23-6)14-10-19-16-24-21(25-19)11-8-18(9-12-21)20(3,4)5/h7,17-19H,1,8-16H2,2-6H3. The lowest BCUT2D eigenvalue weighted by Crippen LogP contribution is -2.40. The molecule has 0 amide bonds. The van der Waals surface area contributed by atoms with E-state index in [1.165, 1.54) is 12.8 Å². The fourth-order valence-electron chi connectivity index (χ4n) is 4.26. The summed E-state index contributed by atoms with van der Waals surface area (Å²) in [5.41, 5.74) is 0.391. The molecule has 0 N–H and O–H groups in total. The average molecular weight is 354 g/mol. The van der Waals surface area contributed by atoms with Crippen molar-refractivity contribution in [3.63, 3.8) is 0 Å². The highest BCUT2D eigenvalue weighted by Gasteiger charge is 2.45. The van der Waals surface area contributed by atoms with Crippen molar-refractivity contribution in [2.75, 3.05) is 33.4 Å². The summed E-state index contributed by atoms with van der Waals surface area (Å²) in [6.07, 6.45) is 7.70. The summed E-state index contributed by atoms with van der Waals surface area (Å²) in [7, 11) is 1.76. The summed E-state index contributed by atoms with van der Waals surface area (Å²) >= 11 is 0. The van der Waals surface area contributed by atoms with Gasteiger partial charge in [0.05, 0.1) is 19.3 Å². The zero-order valence-electron chi connectivity index (χ0n) is 17.1. The van der Waals surface area contributed by atoms with Gasteiger partial charge in [-0.05, 0) is 37.5 Å². The van der Waals surface area contributed by atoms with Crippen molar-refractivity contribution in [1.82, 2.24) is 4.90 Å². The highest BCUT2D eigenvalue weighted by molar-refractivity contribution is 4.89. The van der Waals surface area contributed by atoms with E-state index in [2.05, 4.69) is 39.2 Å². The van der Waals surface area contributed by atoms with Gasteiger partial charge in [-0.2, -0.15) is 0 Å². The van der Waals surface area contributed by atoms with Gasteiger partial charge in [0.1, 0.15) is 0 Å². The first-order valence-electron chi connectivity index (χ1n) is 9.95. The molecule has 4 heteroatoms. The molecule has 1 saturated heterocycles. The van der Waals surface area contributed by atoms with E-state index in [1.807, 2.05) is 6.08 Å². The van der Waals surface area contributed by atoms with E-state index in [-0.39, 0.29) is 11.9 Å². The van der Waals surface area contributed by atoms with E-state index >= 15 is 0 Å². The van der Waals surface area contributed by atoms with Crippen molar-refractivity contribution in [2.24, 2.45) is 11.3 Å². The monoisotopic (exact) mass is 353 g/mol. The Morgan fingerprint density at radius 1 is 1.32 bits per heavy atom. The van der Waals surface area contributed by atoms with Crippen molar-refractivity contribution in [3.8, 4) is 0 Å². The predicted molar refractivity (Wildman–Crippen MR) is 103 cm³/mol. The minimum absolute atomic E-state index is 0.216. The molecule has 4 nitrogen and oxygen atoms in total. The Labute approximate surface area is 154 Å². The highest BCUT2D eigenvalue weighted by Crippen LogP contribution is 2.45. The third kappa shape index (κ3) is 5.78. The van der Waals surface area contributed by atoms with Crippen molar-refractivity contribution in [3.05, 3.63) is 12.7 Å². The fourth-order valence-corrected chi connectivity index (χ4v) is 4.26. The van der Waals surface area contributed by atoms with Gasteiger partial charge in [-0.3, -0.25) is 4.90 Å². The van der Waals surface area contributed by atoms with Gasteiger partial charge in [0.25, 0.3) is 0 Å². The summed E-state index contributed by atoms with van der Waals surface area (Å²) in [5.74, 6) is 0.482. The molecule has 25 heavy (non-hydrogen) atoms. The summed E-state index contributed by atoms with van der Waals surface area (Å²) < 4.78 is 17.9. The lowest BCUT2D eigenvalue weighted by molar-refractivity contribution is -0.197. The van der Waals surface area contributed by atoms with Gasteiger partial charge in [-0.25, -0.2) is 0 Å². The number of hydrogen-bond acceptors (Lipinski definition) is 4. The van der Waals surface area contributed by atoms with Crippen LogP contribution in [0.2, 0.25) is 0 Å². The van der Waals surface area contributed by atoms with Crippen molar-refractivity contribution >= 4 is 0 Å². The maximum absolute atomic E-state index is 6.41. The van der Waals surface area contributed by atoms with Crippen LogP contribution in [0.4, 0.5) is 0 Å². The van der Waals surface area contributed by atoms with E-state index < -0.39 is 0 Å². The van der Waals surface area contributed by atoms with Crippen molar-refractivity contribution in [2.45, 2.75) is 77.7 Å². The molecule has 2 fully saturated rings. The summed E-state index contributed by atoms with van der Waals surface area (Å²) in [5, 5.41) is 0. The van der Waals surface area contributed by atoms with E-state index in [1.54, 1.807) is 7.11 Å². The van der Waals surface area contributed by atoms with Crippen molar-refractivity contribution < 1.29 is 14.2 Å². The van der Waals surface area contributed by atoms with Crippen LogP contribution in [0.25, 0.3) is 0 Å². The van der Waals surface area contributed by atoms with Crippen LogP contribution in [0.3, 0.4) is 0 Å². The molecule has 146 valence electrons. The normalized spacial score (nSPS) is 31.6. The van der Waals surface area contributed by atoms with Gasteiger partial charge in [0, 0.05) is 39.1 Å². The second kappa shape index (κ2) is 8.98. The van der Waals surface area contributed by atoms with E-state index in [0.717, 1.165) is 51.5 Å². The van der Waals surface area contributed by atoms with Crippen LogP contribution in [0.5, 0.6) is 0 Å². The Bertz CT molecular complexity index is 410. The Morgan fingerprint density at radius 2 is 2.00 bits per heavy atom. The Kier molecular flexibility index (Phi) is 7.51. The molecule has 0 aromatic heterocycles. The number of nitrogens with zero attached hydrogens (tertiary/aromatic N) is 1. The molecular weight excluding hydrogens is 314 g/mol. The summed E-state index contributed by atoms with van der Waals surface area (Å²) in [4.78, 5) is 2.40. The molecule has 0 aromatic carbocycles. The number of ether oxygens (including phenoxy) is 3. The van der Waals surface area contributed by atoms with Gasteiger partial charge in [-0.15, -0.1) is 6.58 Å². The van der Waals surface area contributed by atoms with Gasteiger partial charge in [0.2, 0.25) is 0 Å². The smallest absolute Gasteiger partial charge is 0.168 e. The molecule has 2 rings (SSSR count). The zero-order valence-corrected chi connectivity index (χ0v) is 17.1. The summed E-state index contributed by atoms with van der Waals surface area (Å²) in [6.45, 7) is 16.5. The van der Waals surface area contributed by atoms with Crippen LogP contribution in [-0.4, -0.2) is 56.2 Å². The van der Waals surface area contributed by atoms with Crippen LogP contribution >= 0.6 is 0 Å². The molecule has 1 saturated carbocycles. The average Bonchev–Trinajstić information content (AvgIpc) is 2.94. The maximum Gasteiger partial charge on any atom is 0.168 e. The molecule has 0 aromatic rings. The first-order chi connectivity index (χ1) is 11.8. The molecule has 0 bridgehead atoms. The molecule has 1 spiro atoms. The first-order valence-corrected chi connectivity index (χ1v) is 9.95. The van der Waals surface area contributed by atoms with Crippen LogP contribution in [0, 0.1) is 11.3 Å². The third-order valence-electron chi connectivity index (χ3n) is 6.02. The Balaban J connectivity index is 1.79. The second-order valence-corrected chi connectivity index (χ2v) is 8.98. The van der Waals surface area contributed by atoms with Crippen LogP contribution in [0.1, 0.15) is 59.8 Å². The summed E-state index contributed by atoms with van der Waals surface area (Å²) in [6, 6.07) is 0.390. The quantitative estimate of drug-likeness (QED) is 0.611. The van der Waals surface area contributed by atoms with E-state index in [0.29, 0.717) is 11.5 Å². The molecule has 2 unspecified atom stereocenters. The third-order valence-corrected chi connectivity index (χ3v) is 6.02. The number of methoxy groups -OCH3 is 1. The second-order valence-electron chi connectivity index (χ2n) is 8.98. The minimum atomic E-state index is -0.298. The molecule has 0 radical (unpaired) electrons. The minimum Gasteiger partial charge on any atom is -0.383 e.